The van der Waals surface area contributed by atoms with Crippen LogP contribution in [-0.2, 0) is 0 Å². The predicted molar refractivity (Wildman–Crippen MR) is 58.4 cm³/mol. The fourth-order valence-electron chi connectivity index (χ4n) is 1.02. The fourth-order valence-corrected chi connectivity index (χ4v) is 1.80. The Hall–Kier alpha value is -1.87. The number of carboxylic acids is 1. The van der Waals surface area contributed by atoms with Crippen molar-refractivity contribution in [3.8, 4) is 6.07 Å². The topological polar surface area (TPSA) is 90.2 Å². The van der Waals surface area contributed by atoms with Crippen molar-refractivity contribution >= 4 is 23.2 Å². The summed E-state index contributed by atoms with van der Waals surface area (Å²) in [6.07, 6.45) is 0. The lowest BCUT2D eigenvalue weighted by atomic mass is 10.1. The Kier molecular flexibility index (Phi) is 3.30. The van der Waals surface area contributed by atoms with Gasteiger partial charge in [-0.2, -0.15) is 5.26 Å². The summed E-state index contributed by atoms with van der Waals surface area (Å²) in [6.45, 7) is 3.08. The van der Waals surface area contributed by atoms with Crippen molar-refractivity contribution in [1.29, 1.82) is 5.26 Å². The van der Waals surface area contributed by atoms with Gasteiger partial charge >= 0.3 is 5.97 Å². The number of nitriles is 1. The zero-order valence-corrected chi connectivity index (χ0v) is 9.59. The highest BCUT2D eigenvalue weighted by molar-refractivity contribution is 7.12. The average molecular weight is 238 g/mol. The molecule has 0 fully saturated rings. The van der Waals surface area contributed by atoms with Gasteiger partial charge in [-0.1, -0.05) is 0 Å². The molecule has 84 valence electrons. The van der Waals surface area contributed by atoms with Gasteiger partial charge in [-0.05, 0) is 25.3 Å². The van der Waals surface area contributed by atoms with Crippen molar-refractivity contribution in [2.75, 3.05) is 0 Å². The third kappa shape index (κ3) is 2.58. The maximum Gasteiger partial charge on any atom is 0.337 e. The zero-order valence-electron chi connectivity index (χ0n) is 8.77. The van der Waals surface area contributed by atoms with E-state index in [0.717, 1.165) is 11.3 Å². The van der Waals surface area contributed by atoms with Crippen LogP contribution < -0.4 is 5.32 Å². The maximum atomic E-state index is 11.7. The van der Waals surface area contributed by atoms with Crippen molar-refractivity contribution in [2.45, 2.75) is 19.4 Å². The van der Waals surface area contributed by atoms with Gasteiger partial charge in [0.1, 0.15) is 10.4 Å². The smallest absolute Gasteiger partial charge is 0.337 e. The second-order valence-corrected chi connectivity index (χ2v) is 4.58. The Balaban J connectivity index is 2.95. The maximum absolute atomic E-state index is 11.7. The molecule has 0 radical (unpaired) electrons. The highest BCUT2D eigenvalue weighted by Gasteiger charge is 2.24. The van der Waals surface area contributed by atoms with Crippen molar-refractivity contribution in [3.63, 3.8) is 0 Å². The van der Waals surface area contributed by atoms with E-state index in [4.69, 9.17) is 10.4 Å². The third-order valence-corrected chi connectivity index (χ3v) is 2.72. The number of thiophene rings is 1. The first-order chi connectivity index (χ1) is 7.37. The van der Waals surface area contributed by atoms with Gasteiger partial charge in [0.15, 0.2) is 0 Å². The molecule has 16 heavy (non-hydrogen) atoms. The van der Waals surface area contributed by atoms with Crippen LogP contribution >= 0.6 is 11.3 Å². The Morgan fingerprint density at radius 3 is 2.69 bits per heavy atom. The van der Waals surface area contributed by atoms with E-state index in [1.54, 1.807) is 13.8 Å². The summed E-state index contributed by atoms with van der Waals surface area (Å²) in [6, 6.07) is 3.27. The third-order valence-electron chi connectivity index (χ3n) is 1.81. The van der Waals surface area contributed by atoms with Crippen LogP contribution in [-0.4, -0.2) is 22.5 Å². The molecule has 0 unspecified atom stereocenters. The molecule has 1 heterocycles. The van der Waals surface area contributed by atoms with E-state index in [0.29, 0.717) is 0 Å². The molecule has 1 aromatic heterocycles. The molecule has 0 aliphatic carbocycles. The molecule has 5 nitrogen and oxygen atoms in total. The Morgan fingerprint density at radius 2 is 2.19 bits per heavy atom. The minimum absolute atomic E-state index is 0.0451. The molecule has 0 aliphatic rings. The number of carbonyl (C=O) groups is 2. The number of rotatable bonds is 3. The van der Waals surface area contributed by atoms with Gasteiger partial charge < -0.3 is 10.4 Å². The van der Waals surface area contributed by atoms with Crippen molar-refractivity contribution < 1.29 is 14.7 Å². The number of hydrogen-bond acceptors (Lipinski definition) is 4. The van der Waals surface area contributed by atoms with E-state index in [1.807, 2.05) is 6.07 Å². The van der Waals surface area contributed by atoms with Gasteiger partial charge in [0.2, 0.25) is 0 Å². The second-order valence-electron chi connectivity index (χ2n) is 3.66. The van der Waals surface area contributed by atoms with E-state index in [1.165, 1.54) is 11.4 Å². The number of carbonyl (C=O) groups excluding carboxylic acids is 1. The van der Waals surface area contributed by atoms with Crippen LogP contribution in [0, 0.1) is 11.3 Å². The largest absolute Gasteiger partial charge is 0.478 e. The molecule has 0 atom stereocenters. The van der Waals surface area contributed by atoms with E-state index >= 15 is 0 Å². The normalized spacial score (nSPS) is 10.6. The summed E-state index contributed by atoms with van der Waals surface area (Å²) in [7, 11) is 0. The summed E-state index contributed by atoms with van der Waals surface area (Å²) < 4.78 is 0. The molecule has 0 aromatic carbocycles. The van der Waals surface area contributed by atoms with Gasteiger partial charge in [-0.15, -0.1) is 11.3 Å². The zero-order chi connectivity index (χ0) is 12.3. The predicted octanol–water partition coefficient (Wildman–Crippen LogP) is 1.48. The Labute approximate surface area is 96.3 Å². The summed E-state index contributed by atoms with van der Waals surface area (Å²) in [5.41, 5.74) is -1.06. The molecule has 0 saturated carbocycles. The molecule has 2 N–H and O–H groups in total. The standard InChI is InChI=1S/C10H10N2O3S/c1-10(2,5-11)12-8(13)7-6(9(14)15)3-4-16-7/h3-4H,1-2H3,(H,12,13)(H,14,15). The molecule has 1 rings (SSSR count). The van der Waals surface area contributed by atoms with Crippen LogP contribution in [0.15, 0.2) is 11.4 Å². The number of aromatic carboxylic acids is 1. The SMILES string of the molecule is CC(C)(C#N)NC(=O)c1sccc1C(=O)O. The first-order valence-electron chi connectivity index (χ1n) is 4.42. The van der Waals surface area contributed by atoms with Crippen molar-refractivity contribution in [2.24, 2.45) is 0 Å². The number of carboxylic acid groups (broad SMARTS) is 1. The number of hydrogen-bond donors (Lipinski definition) is 2. The van der Waals surface area contributed by atoms with Crippen LogP contribution in [0.25, 0.3) is 0 Å². The van der Waals surface area contributed by atoms with E-state index < -0.39 is 17.4 Å². The van der Waals surface area contributed by atoms with E-state index in [2.05, 4.69) is 5.32 Å². The summed E-state index contributed by atoms with van der Waals surface area (Å²) in [4.78, 5) is 22.6. The van der Waals surface area contributed by atoms with Gasteiger partial charge in [0, 0.05) is 0 Å². The molecule has 6 heteroatoms. The quantitative estimate of drug-likeness (QED) is 0.834. The highest BCUT2D eigenvalue weighted by Crippen LogP contribution is 2.17. The van der Waals surface area contributed by atoms with E-state index in [-0.39, 0.29) is 10.4 Å². The van der Waals surface area contributed by atoms with Gasteiger partial charge in [-0.3, -0.25) is 4.79 Å². The Morgan fingerprint density at radius 1 is 1.56 bits per heavy atom. The second kappa shape index (κ2) is 4.33. The number of nitrogens with zero attached hydrogens (tertiary/aromatic N) is 1. The summed E-state index contributed by atoms with van der Waals surface area (Å²) in [5.74, 6) is -1.69. The average Bonchev–Trinajstić information content (AvgIpc) is 2.65. The van der Waals surface area contributed by atoms with Crippen molar-refractivity contribution in [1.82, 2.24) is 5.32 Å². The van der Waals surface area contributed by atoms with Gasteiger partial charge in [0.05, 0.1) is 11.6 Å². The van der Waals surface area contributed by atoms with E-state index in [9.17, 15) is 9.59 Å². The lowest BCUT2D eigenvalue weighted by molar-refractivity contribution is 0.0691. The molecule has 1 aromatic rings. The minimum Gasteiger partial charge on any atom is -0.478 e. The number of nitrogens with one attached hydrogen (secondary N) is 1. The molecular formula is C10H10N2O3S. The Bertz CT molecular complexity index is 471. The first-order valence-corrected chi connectivity index (χ1v) is 5.30. The minimum atomic E-state index is -1.15. The van der Waals surface area contributed by atoms with Crippen LogP contribution in [0.5, 0.6) is 0 Å². The van der Waals surface area contributed by atoms with Crippen molar-refractivity contribution in [3.05, 3.63) is 21.9 Å². The molecule has 0 aliphatic heterocycles. The van der Waals surface area contributed by atoms with Crippen LogP contribution in [0.1, 0.15) is 33.9 Å². The molecule has 0 spiro atoms. The molecule has 0 bridgehead atoms. The summed E-state index contributed by atoms with van der Waals surface area (Å²) in [5, 5.41) is 21.5. The number of amides is 1. The van der Waals surface area contributed by atoms with Crippen LogP contribution in [0.3, 0.4) is 0 Å². The first kappa shape index (κ1) is 12.2. The monoisotopic (exact) mass is 238 g/mol. The van der Waals surface area contributed by atoms with Crippen LogP contribution in [0.2, 0.25) is 0 Å². The fraction of sp³-hybridized carbons (Fsp3) is 0.300. The lowest BCUT2D eigenvalue weighted by Gasteiger charge is -2.16. The molecular weight excluding hydrogens is 228 g/mol. The lowest BCUT2D eigenvalue weighted by Crippen LogP contribution is -2.42. The van der Waals surface area contributed by atoms with Gasteiger partial charge in [-0.25, -0.2) is 4.79 Å². The molecule has 1 amide bonds. The van der Waals surface area contributed by atoms with Gasteiger partial charge in [0.25, 0.3) is 5.91 Å². The summed E-state index contributed by atoms with van der Waals surface area (Å²) >= 11 is 1.03. The highest BCUT2D eigenvalue weighted by atomic mass is 32.1. The van der Waals surface area contributed by atoms with Crippen LogP contribution in [0.4, 0.5) is 0 Å². The molecule has 0 saturated heterocycles.